The second-order valence-electron chi connectivity index (χ2n) is 5.84. The van der Waals surface area contributed by atoms with Crippen LogP contribution in [0.3, 0.4) is 0 Å². The van der Waals surface area contributed by atoms with Crippen LogP contribution in [0.1, 0.15) is 24.1 Å². The van der Waals surface area contributed by atoms with Crippen molar-refractivity contribution in [2.45, 2.75) is 25.6 Å². The molecule has 0 radical (unpaired) electrons. The summed E-state index contributed by atoms with van der Waals surface area (Å²) in [5.74, 6) is 0.655. The van der Waals surface area contributed by atoms with E-state index in [1.807, 2.05) is 37.1 Å². The third-order valence-electron chi connectivity index (χ3n) is 4.66. The fourth-order valence-corrected chi connectivity index (χ4v) is 3.51. The van der Waals surface area contributed by atoms with Crippen LogP contribution in [-0.2, 0) is 11.3 Å². The first-order chi connectivity index (χ1) is 10.5. The van der Waals surface area contributed by atoms with Gasteiger partial charge >= 0.3 is 6.03 Å². The standard InChI is InChI=1S/C16H21N3O3/c1-5-19-13-12-7-6-11(22-4)8-10(12)9-17(2)14(13)15(20)18(3)16(19)21/h6-8,13-14H,5,9H2,1-4H3. The first-order valence-corrected chi connectivity index (χ1v) is 7.44. The predicted molar refractivity (Wildman–Crippen MR) is 81.5 cm³/mol. The smallest absolute Gasteiger partial charge is 0.327 e. The van der Waals surface area contributed by atoms with Gasteiger partial charge in [0.25, 0.3) is 0 Å². The van der Waals surface area contributed by atoms with Gasteiger partial charge in [-0.2, -0.15) is 0 Å². The summed E-state index contributed by atoms with van der Waals surface area (Å²) in [4.78, 5) is 30.1. The Morgan fingerprint density at radius 2 is 1.95 bits per heavy atom. The summed E-state index contributed by atoms with van der Waals surface area (Å²) in [5, 5.41) is 0. The molecule has 118 valence electrons. The van der Waals surface area contributed by atoms with E-state index in [2.05, 4.69) is 0 Å². The first kappa shape index (κ1) is 14.8. The molecule has 3 amide bonds. The maximum Gasteiger partial charge on any atom is 0.327 e. The van der Waals surface area contributed by atoms with Gasteiger partial charge in [0.2, 0.25) is 5.91 Å². The van der Waals surface area contributed by atoms with Crippen LogP contribution in [0, 0.1) is 0 Å². The van der Waals surface area contributed by atoms with E-state index in [4.69, 9.17) is 4.74 Å². The number of carbonyl (C=O) groups is 2. The quantitative estimate of drug-likeness (QED) is 0.830. The van der Waals surface area contributed by atoms with Gasteiger partial charge in [-0.25, -0.2) is 4.79 Å². The SMILES string of the molecule is CCN1C(=O)N(C)C(=O)C2C1c1ccc(OC)cc1CN2C. The zero-order valence-electron chi connectivity index (χ0n) is 13.4. The molecule has 2 aliphatic heterocycles. The Labute approximate surface area is 130 Å². The lowest BCUT2D eigenvalue weighted by atomic mass is 9.86. The van der Waals surface area contributed by atoms with E-state index in [1.165, 1.54) is 4.90 Å². The van der Waals surface area contributed by atoms with Crippen LogP contribution in [0.4, 0.5) is 4.79 Å². The lowest BCUT2D eigenvalue weighted by Gasteiger charge is -2.49. The Morgan fingerprint density at radius 3 is 2.59 bits per heavy atom. The molecular weight excluding hydrogens is 282 g/mol. The molecule has 6 heteroatoms. The number of nitrogens with zero attached hydrogens (tertiary/aromatic N) is 3. The van der Waals surface area contributed by atoms with E-state index in [0.717, 1.165) is 16.9 Å². The van der Waals surface area contributed by atoms with Gasteiger partial charge in [-0.3, -0.25) is 14.6 Å². The summed E-state index contributed by atoms with van der Waals surface area (Å²) < 4.78 is 5.29. The summed E-state index contributed by atoms with van der Waals surface area (Å²) in [6, 6.07) is 5.06. The number of benzene rings is 1. The number of amides is 3. The molecule has 2 aliphatic rings. The minimum Gasteiger partial charge on any atom is -0.497 e. The predicted octanol–water partition coefficient (Wildman–Crippen LogP) is 1.46. The minimum atomic E-state index is -0.330. The third kappa shape index (κ3) is 1.98. The number of ether oxygens (including phenoxy) is 1. The second kappa shape index (κ2) is 5.28. The fourth-order valence-electron chi connectivity index (χ4n) is 3.51. The van der Waals surface area contributed by atoms with Crippen LogP contribution < -0.4 is 4.74 Å². The molecule has 3 rings (SSSR count). The van der Waals surface area contributed by atoms with Crippen molar-refractivity contribution in [2.24, 2.45) is 0 Å². The molecule has 2 heterocycles. The van der Waals surface area contributed by atoms with Crippen LogP contribution in [0.2, 0.25) is 0 Å². The van der Waals surface area contributed by atoms with Crippen LogP contribution >= 0.6 is 0 Å². The van der Waals surface area contributed by atoms with Crippen molar-refractivity contribution < 1.29 is 14.3 Å². The topological polar surface area (TPSA) is 53.1 Å². The van der Waals surface area contributed by atoms with Crippen molar-refractivity contribution in [1.29, 1.82) is 0 Å². The highest BCUT2D eigenvalue weighted by Gasteiger charge is 2.49. The summed E-state index contributed by atoms with van der Waals surface area (Å²) in [6.07, 6.45) is 0. The molecule has 0 aliphatic carbocycles. The monoisotopic (exact) mass is 303 g/mol. The van der Waals surface area contributed by atoms with Gasteiger partial charge in [-0.1, -0.05) is 6.07 Å². The lowest BCUT2D eigenvalue weighted by molar-refractivity contribution is -0.140. The number of likely N-dealkylation sites (N-methyl/N-ethyl adjacent to an activating group) is 3. The molecule has 1 aromatic rings. The summed E-state index contributed by atoms with van der Waals surface area (Å²) >= 11 is 0. The lowest BCUT2D eigenvalue weighted by Crippen LogP contribution is -2.64. The van der Waals surface area contributed by atoms with E-state index in [1.54, 1.807) is 19.1 Å². The second-order valence-corrected chi connectivity index (χ2v) is 5.84. The van der Waals surface area contributed by atoms with E-state index in [9.17, 15) is 9.59 Å². The van der Waals surface area contributed by atoms with Gasteiger partial charge in [0.1, 0.15) is 11.8 Å². The first-order valence-electron chi connectivity index (χ1n) is 7.44. The number of methoxy groups -OCH3 is 1. The molecule has 0 N–H and O–H groups in total. The number of hydrogen-bond donors (Lipinski definition) is 0. The summed E-state index contributed by atoms with van der Waals surface area (Å²) in [6.45, 7) is 3.17. The Bertz CT molecular complexity index is 631. The van der Waals surface area contributed by atoms with Gasteiger partial charge in [-0.15, -0.1) is 0 Å². The number of fused-ring (bicyclic) bond motifs is 3. The van der Waals surface area contributed by atoms with Crippen molar-refractivity contribution in [3.63, 3.8) is 0 Å². The Morgan fingerprint density at radius 1 is 1.23 bits per heavy atom. The van der Waals surface area contributed by atoms with E-state index in [-0.39, 0.29) is 24.0 Å². The average Bonchev–Trinajstić information content (AvgIpc) is 2.52. The molecule has 0 bridgehead atoms. The van der Waals surface area contributed by atoms with Gasteiger partial charge in [-0.05, 0) is 37.2 Å². The largest absolute Gasteiger partial charge is 0.497 e. The van der Waals surface area contributed by atoms with Crippen LogP contribution in [0.25, 0.3) is 0 Å². The summed E-state index contributed by atoms with van der Waals surface area (Å²) in [5.41, 5.74) is 2.15. The highest BCUT2D eigenvalue weighted by molar-refractivity contribution is 6.00. The molecule has 2 unspecified atom stereocenters. The molecule has 6 nitrogen and oxygen atoms in total. The Kier molecular flexibility index (Phi) is 3.56. The maximum atomic E-state index is 12.6. The van der Waals surface area contributed by atoms with Crippen molar-refractivity contribution >= 4 is 11.9 Å². The van der Waals surface area contributed by atoms with Gasteiger partial charge in [0, 0.05) is 20.1 Å². The zero-order valence-corrected chi connectivity index (χ0v) is 13.4. The van der Waals surface area contributed by atoms with E-state index < -0.39 is 0 Å². The highest BCUT2D eigenvalue weighted by Crippen LogP contribution is 2.40. The number of urea groups is 1. The van der Waals surface area contributed by atoms with Crippen molar-refractivity contribution in [3.05, 3.63) is 29.3 Å². The molecule has 1 saturated heterocycles. The van der Waals surface area contributed by atoms with Gasteiger partial charge < -0.3 is 9.64 Å². The van der Waals surface area contributed by atoms with Gasteiger partial charge in [0.15, 0.2) is 0 Å². The Balaban J connectivity index is 2.13. The zero-order chi connectivity index (χ0) is 16.0. The van der Waals surface area contributed by atoms with Crippen LogP contribution in [0.15, 0.2) is 18.2 Å². The fraction of sp³-hybridized carbons (Fsp3) is 0.500. The molecular formula is C16H21N3O3. The minimum absolute atomic E-state index is 0.135. The average molecular weight is 303 g/mol. The normalized spacial score (nSPS) is 25.1. The molecule has 1 fully saturated rings. The van der Waals surface area contributed by atoms with Crippen LogP contribution in [-0.4, -0.2) is 60.4 Å². The molecule has 1 aromatic carbocycles. The molecule has 2 atom stereocenters. The third-order valence-corrected chi connectivity index (χ3v) is 4.66. The molecule has 0 aromatic heterocycles. The molecule has 22 heavy (non-hydrogen) atoms. The van der Waals surface area contributed by atoms with Crippen molar-refractivity contribution in [3.8, 4) is 5.75 Å². The van der Waals surface area contributed by atoms with Gasteiger partial charge in [0.05, 0.1) is 13.2 Å². The highest BCUT2D eigenvalue weighted by atomic mass is 16.5. The van der Waals surface area contributed by atoms with Crippen LogP contribution in [0.5, 0.6) is 5.75 Å². The van der Waals surface area contributed by atoms with E-state index >= 15 is 0 Å². The Hall–Kier alpha value is -2.08. The van der Waals surface area contributed by atoms with Crippen molar-refractivity contribution in [2.75, 3.05) is 27.7 Å². The van der Waals surface area contributed by atoms with E-state index in [0.29, 0.717) is 13.1 Å². The maximum absolute atomic E-state index is 12.6. The number of hydrogen-bond acceptors (Lipinski definition) is 4. The number of carbonyl (C=O) groups excluding carboxylic acids is 2. The molecule has 0 saturated carbocycles. The number of imide groups is 1. The summed E-state index contributed by atoms with van der Waals surface area (Å²) in [7, 11) is 5.12. The molecule has 0 spiro atoms. The van der Waals surface area contributed by atoms with Crippen molar-refractivity contribution in [1.82, 2.24) is 14.7 Å². The number of rotatable bonds is 2.